The summed E-state index contributed by atoms with van der Waals surface area (Å²) in [7, 11) is 0. The molecule has 0 aliphatic rings. The molecule has 21 heavy (non-hydrogen) atoms. The van der Waals surface area contributed by atoms with Crippen molar-refractivity contribution < 1.29 is 4.52 Å². The van der Waals surface area contributed by atoms with Crippen molar-refractivity contribution in [2.45, 2.75) is 78.0 Å². The summed E-state index contributed by atoms with van der Waals surface area (Å²) in [5.41, 5.74) is 0. The van der Waals surface area contributed by atoms with Crippen LogP contribution in [0, 0.1) is 0 Å². The summed E-state index contributed by atoms with van der Waals surface area (Å²) < 4.78 is 8.06. The quantitative estimate of drug-likeness (QED) is 0.191. The molecule has 0 atom stereocenters. The van der Waals surface area contributed by atoms with Gasteiger partial charge >= 0.3 is 158 Å². The molecule has 0 unspecified atom stereocenters. The summed E-state index contributed by atoms with van der Waals surface area (Å²) in [6, 6.07) is 0. The Labute approximate surface area is 156 Å². The van der Waals surface area contributed by atoms with E-state index >= 15 is 0 Å². The van der Waals surface area contributed by atoms with E-state index in [0.717, 1.165) is 18.8 Å². The maximum atomic E-state index is 6.37. The summed E-state index contributed by atoms with van der Waals surface area (Å²) >= 11 is 15.7. The summed E-state index contributed by atoms with van der Waals surface area (Å²) in [4.78, 5) is 0. The topological polar surface area (TPSA) is 9.23 Å². The van der Waals surface area contributed by atoms with Crippen LogP contribution in [0.5, 0.6) is 0 Å². The molecule has 0 saturated heterocycles. The van der Waals surface area contributed by atoms with E-state index in [1.807, 2.05) is 0 Å². The Morgan fingerprint density at radius 1 is 0.762 bits per heavy atom. The minimum absolute atomic E-state index is 0.249. The molecule has 0 N–H and O–H groups in total. The van der Waals surface area contributed by atoms with Crippen molar-refractivity contribution in [3.63, 3.8) is 0 Å². The van der Waals surface area contributed by atoms with Crippen LogP contribution in [0.25, 0.3) is 0 Å². The predicted octanol–water partition coefficient (Wildman–Crippen LogP) is 7.39. The summed E-state index contributed by atoms with van der Waals surface area (Å²) in [5.74, 6) is 0. The molecule has 0 amide bonds. The van der Waals surface area contributed by atoms with Gasteiger partial charge in [-0.1, -0.05) is 0 Å². The molecule has 0 bridgehead atoms. The van der Waals surface area contributed by atoms with E-state index in [1.165, 1.54) is 0 Å². The molecule has 0 fully saturated rings. The average molecular weight is 502 g/mol. The van der Waals surface area contributed by atoms with E-state index < -0.39 is 32.2 Å². The van der Waals surface area contributed by atoms with Gasteiger partial charge in [-0.3, -0.25) is 0 Å². The average Bonchev–Trinajstić information content (AvgIpc) is 2.22. The molecule has 0 aromatic heterocycles. The third kappa shape index (κ3) is 8.86. The fraction of sp³-hybridized carbons (Fsp3) is 1.00. The minimum atomic E-state index is -1.29. The van der Waals surface area contributed by atoms with Gasteiger partial charge in [0.2, 0.25) is 0 Å². The van der Waals surface area contributed by atoms with Crippen LogP contribution in [-0.2, 0) is 4.52 Å². The number of alkyl halides is 3. The first-order valence-corrected chi connectivity index (χ1v) is 19.1. The fourth-order valence-corrected chi connectivity index (χ4v) is 58.8. The van der Waals surface area contributed by atoms with Crippen molar-refractivity contribution in [2.24, 2.45) is 0 Å². The predicted molar refractivity (Wildman–Crippen MR) is 105 cm³/mol. The van der Waals surface area contributed by atoms with Gasteiger partial charge < -0.3 is 0 Å². The molecule has 0 saturated carbocycles. The number of rotatable bonds is 8. The zero-order chi connectivity index (χ0) is 17.0. The fourth-order valence-electron chi connectivity index (χ4n) is 2.37. The van der Waals surface area contributed by atoms with E-state index in [-0.39, 0.29) is 11.9 Å². The third-order valence-corrected chi connectivity index (χ3v) is 42.8. The standard InChI is InChI=1S/C14H30As2Cl3OP/c1-10(2)15(11(3)4)21(20-9-14(17,18)19)16(12(5)6)13(7)8/h10-13H,9H2,1-8H3. The van der Waals surface area contributed by atoms with Crippen LogP contribution >= 0.6 is 40.1 Å². The Bertz CT molecular complexity index is 260. The second-order valence-corrected chi connectivity index (χ2v) is 35.2. The summed E-state index contributed by atoms with van der Waals surface area (Å²) in [6.07, 6.45) is 0. The Balaban J connectivity index is 5.41. The zero-order valence-corrected chi connectivity index (χ0v) is 21.3. The molecule has 1 nitrogen and oxygen atoms in total. The van der Waals surface area contributed by atoms with Gasteiger partial charge in [-0.05, 0) is 0 Å². The van der Waals surface area contributed by atoms with Crippen LogP contribution in [0.1, 0.15) is 55.4 Å². The monoisotopic (exact) mass is 500 g/mol. The normalized spacial score (nSPS) is 14.0. The first-order chi connectivity index (χ1) is 9.38. The van der Waals surface area contributed by atoms with Crippen LogP contribution in [0.15, 0.2) is 0 Å². The van der Waals surface area contributed by atoms with Crippen LogP contribution < -0.4 is 0 Å². The molecule has 0 rings (SSSR count). The van der Waals surface area contributed by atoms with Crippen molar-refractivity contribution in [2.75, 3.05) is 6.61 Å². The third-order valence-electron chi connectivity index (χ3n) is 2.86. The van der Waals surface area contributed by atoms with Gasteiger partial charge in [0.15, 0.2) is 0 Å². The molecular weight excluding hydrogens is 471 g/mol. The van der Waals surface area contributed by atoms with Gasteiger partial charge in [-0.2, -0.15) is 0 Å². The molecular formula is C14H30As2Cl3OP. The van der Waals surface area contributed by atoms with Crippen molar-refractivity contribution in [1.82, 2.24) is 0 Å². The van der Waals surface area contributed by atoms with Gasteiger partial charge in [0.05, 0.1) is 0 Å². The van der Waals surface area contributed by atoms with E-state index in [2.05, 4.69) is 55.4 Å². The van der Waals surface area contributed by atoms with Gasteiger partial charge in [0, 0.05) is 0 Å². The number of hydrogen-bond acceptors (Lipinski definition) is 1. The van der Waals surface area contributed by atoms with E-state index in [9.17, 15) is 0 Å². The molecule has 0 aliphatic carbocycles. The van der Waals surface area contributed by atoms with Crippen LogP contribution in [0.4, 0.5) is 0 Å². The maximum absolute atomic E-state index is 6.37. The Hall–Kier alpha value is 2.38. The molecule has 0 aromatic carbocycles. The van der Waals surface area contributed by atoms with Gasteiger partial charge in [-0.25, -0.2) is 0 Å². The Morgan fingerprint density at radius 3 is 1.24 bits per heavy atom. The first kappa shape index (κ1) is 23.4. The molecule has 0 heterocycles. The second-order valence-electron chi connectivity index (χ2n) is 6.28. The molecule has 128 valence electrons. The summed E-state index contributed by atoms with van der Waals surface area (Å²) in [5, 5.41) is -0.371. The molecule has 0 spiro atoms. The molecule has 7 heteroatoms. The van der Waals surface area contributed by atoms with E-state index in [0.29, 0.717) is 0 Å². The van der Waals surface area contributed by atoms with Crippen molar-refractivity contribution in [1.29, 1.82) is 0 Å². The van der Waals surface area contributed by atoms with Crippen molar-refractivity contribution in [3.8, 4) is 0 Å². The van der Waals surface area contributed by atoms with Crippen molar-refractivity contribution in [3.05, 3.63) is 0 Å². The van der Waals surface area contributed by atoms with E-state index in [1.54, 1.807) is 0 Å². The molecule has 0 radical (unpaired) electrons. The number of halogens is 3. The molecule has 0 aliphatic heterocycles. The van der Waals surface area contributed by atoms with Gasteiger partial charge in [0.1, 0.15) is 0 Å². The van der Waals surface area contributed by atoms with Crippen LogP contribution in [0.3, 0.4) is 0 Å². The molecule has 0 aromatic rings. The zero-order valence-electron chi connectivity index (χ0n) is 14.4. The SMILES string of the molecule is CC(C)[As](C(C)C)P(OCC(Cl)(Cl)Cl)[As](C(C)C)C(C)C. The first-order valence-electron chi connectivity index (χ1n) is 7.44. The van der Waals surface area contributed by atoms with Crippen molar-refractivity contribution >= 4 is 68.5 Å². The second kappa shape index (κ2) is 10.4. The summed E-state index contributed by atoms with van der Waals surface area (Å²) in [6.45, 7) is 19.1. The Kier molecular flexibility index (Phi) is 11.6. The number of hydrogen-bond donors (Lipinski definition) is 0. The van der Waals surface area contributed by atoms with Gasteiger partial charge in [0.25, 0.3) is 0 Å². The van der Waals surface area contributed by atoms with Gasteiger partial charge in [-0.15, -0.1) is 0 Å². The Morgan fingerprint density at radius 2 is 1.05 bits per heavy atom. The van der Waals surface area contributed by atoms with E-state index in [4.69, 9.17) is 39.3 Å². The van der Waals surface area contributed by atoms with Crippen LogP contribution in [0.2, 0.25) is 18.8 Å². The van der Waals surface area contributed by atoms with Crippen LogP contribution in [-0.4, -0.2) is 38.8 Å².